The minimum Gasteiger partial charge on any atom is -0.308 e. The SMILES string of the molecule is O=C(Nc1ncc(F)cc1Br)[C@@H]1C[C@@H](F)CN1. The number of halogens is 3. The molecule has 1 aromatic rings. The first-order chi connectivity index (χ1) is 8.06. The van der Waals surface area contributed by atoms with E-state index in [0.29, 0.717) is 4.47 Å². The minimum atomic E-state index is -1.00. The summed E-state index contributed by atoms with van der Waals surface area (Å²) in [5.74, 6) is -0.650. The zero-order valence-corrected chi connectivity index (χ0v) is 10.3. The summed E-state index contributed by atoms with van der Waals surface area (Å²) >= 11 is 3.08. The highest BCUT2D eigenvalue weighted by atomic mass is 79.9. The molecule has 1 saturated heterocycles. The van der Waals surface area contributed by atoms with E-state index in [4.69, 9.17) is 0 Å². The molecule has 0 radical (unpaired) electrons. The number of alkyl halides is 1. The smallest absolute Gasteiger partial charge is 0.242 e. The number of amides is 1. The van der Waals surface area contributed by atoms with Gasteiger partial charge in [-0.3, -0.25) is 4.79 Å². The molecule has 0 saturated carbocycles. The molecular weight excluding hydrogens is 296 g/mol. The van der Waals surface area contributed by atoms with Gasteiger partial charge in [-0.15, -0.1) is 0 Å². The topological polar surface area (TPSA) is 54.0 Å². The summed E-state index contributed by atoms with van der Waals surface area (Å²) in [6, 6.07) is 0.631. The van der Waals surface area contributed by atoms with Crippen LogP contribution in [-0.2, 0) is 4.79 Å². The average molecular weight is 306 g/mol. The fourth-order valence-corrected chi connectivity index (χ4v) is 2.02. The number of nitrogens with one attached hydrogen (secondary N) is 2. The van der Waals surface area contributed by atoms with Gasteiger partial charge < -0.3 is 10.6 Å². The van der Waals surface area contributed by atoms with Gasteiger partial charge in [0.25, 0.3) is 0 Å². The Bertz CT molecular complexity index is 444. The second kappa shape index (κ2) is 5.05. The van der Waals surface area contributed by atoms with Gasteiger partial charge in [0.05, 0.1) is 16.7 Å². The number of rotatable bonds is 2. The predicted molar refractivity (Wildman–Crippen MR) is 61.8 cm³/mol. The standard InChI is InChI=1S/C10H10BrF2N3O/c11-7-1-5(12)4-15-9(7)16-10(17)8-2-6(13)3-14-8/h1,4,6,8,14H,2-3H2,(H,15,16,17)/t6-,8+/m1/s1. The zero-order valence-electron chi connectivity index (χ0n) is 8.71. The van der Waals surface area contributed by atoms with Crippen LogP contribution < -0.4 is 10.6 Å². The maximum absolute atomic E-state index is 12.9. The van der Waals surface area contributed by atoms with Crippen molar-refractivity contribution in [2.75, 3.05) is 11.9 Å². The zero-order chi connectivity index (χ0) is 12.4. The normalized spacial score (nSPS) is 23.7. The first kappa shape index (κ1) is 12.4. The van der Waals surface area contributed by atoms with Crippen LogP contribution in [0.5, 0.6) is 0 Å². The summed E-state index contributed by atoms with van der Waals surface area (Å²) in [5.41, 5.74) is 0. The van der Waals surface area contributed by atoms with Crippen molar-refractivity contribution in [2.45, 2.75) is 18.6 Å². The van der Waals surface area contributed by atoms with Gasteiger partial charge in [-0.1, -0.05) is 0 Å². The van der Waals surface area contributed by atoms with Crippen LogP contribution in [-0.4, -0.2) is 29.6 Å². The van der Waals surface area contributed by atoms with Gasteiger partial charge in [0.2, 0.25) is 5.91 Å². The van der Waals surface area contributed by atoms with Crippen molar-refractivity contribution in [1.82, 2.24) is 10.3 Å². The molecule has 0 unspecified atom stereocenters. The summed E-state index contributed by atoms with van der Waals surface area (Å²) in [6.07, 6.45) is 0.140. The molecule has 1 amide bonds. The molecule has 0 bridgehead atoms. The van der Waals surface area contributed by atoms with E-state index in [-0.39, 0.29) is 24.7 Å². The summed E-state index contributed by atoms with van der Waals surface area (Å²) in [7, 11) is 0. The van der Waals surface area contributed by atoms with E-state index < -0.39 is 18.0 Å². The molecule has 0 aliphatic carbocycles. The van der Waals surface area contributed by atoms with E-state index in [1.165, 1.54) is 6.07 Å². The van der Waals surface area contributed by atoms with Crippen LogP contribution in [0.25, 0.3) is 0 Å². The number of pyridine rings is 1. The third-order valence-corrected chi connectivity index (χ3v) is 3.05. The van der Waals surface area contributed by atoms with Gasteiger partial charge in [-0.25, -0.2) is 13.8 Å². The Morgan fingerprint density at radius 1 is 1.65 bits per heavy atom. The monoisotopic (exact) mass is 305 g/mol. The second-order valence-corrected chi connectivity index (χ2v) is 4.62. The lowest BCUT2D eigenvalue weighted by molar-refractivity contribution is -0.117. The largest absolute Gasteiger partial charge is 0.308 e. The maximum Gasteiger partial charge on any atom is 0.242 e. The van der Waals surface area contributed by atoms with Crippen molar-refractivity contribution >= 4 is 27.7 Å². The number of nitrogens with zero attached hydrogens (tertiary/aromatic N) is 1. The Kier molecular flexibility index (Phi) is 3.68. The number of hydrogen-bond donors (Lipinski definition) is 2. The molecule has 1 aliphatic rings. The lowest BCUT2D eigenvalue weighted by Crippen LogP contribution is -2.35. The summed E-state index contributed by atoms with van der Waals surface area (Å²) in [6.45, 7) is 0.177. The Morgan fingerprint density at radius 3 is 3.00 bits per heavy atom. The van der Waals surface area contributed by atoms with Crippen LogP contribution in [0.1, 0.15) is 6.42 Å². The molecule has 92 valence electrons. The van der Waals surface area contributed by atoms with E-state index in [2.05, 4.69) is 31.5 Å². The summed E-state index contributed by atoms with van der Waals surface area (Å²) < 4.78 is 26.0. The van der Waals surface area contributed by atoms with Crippen molar-refractivity contribution in [3.63, 3.8) is 0 Å². The first-order valence-electron chi connectivity index (χ1n) is 5.05. The molecule has 2 heterocycles. The van der Waals surface area contributed by atoms with E-state index in [9.17, 15) is 13.6 Å². The fraction of sp³-hybridized carbons (Fsp3) is 0.400. The number of aromatic nitrogens is 1. The second-order valence-electron chi connectivity index (χ2n) is 3.77. The molecule has 7 heteroatoms. The van der Waals surface area contributed by atoms with Gasteiger partial charge in [0, 0.05) is 13.0 Å². The van der Waals surface area contributed by atoms with Gasteiger partial charge >= 0.3 is 0 Å². The van der Waals surface area contributed by atoms with Crippen molar-refractivity contribution in [3.05, 3.63) is 22.6 Å². The van der Waals surface area contributed by atoms with Crippen LogP contribution in [0.3, 0.4) is 0 Å². The fourth-order valence-electron chi connectivity index (χ4n) is 1.60. The Morgan fingerprint density at radius 2 is 2.41 bits per heavy atom. The van der Waals surface area contributed by atoms with Crippen molar-refractivity contribution in [2.24, 2.45) is 0 Å². The molecule has 1 aromatic heterocycles. The van der Waals surface area contributed by atoms with E-state index in [1.807, 2.05) is 0 Å². The van der Waals surface area contributed by atoms with E-state index in [0.717, 1.165) is 6.20 Å². The van der Waals surface area contributed by atoms with Crippen molar-refractivity contribution in [1.29, 1.82) is 0 Å². The molecular formula is C10H10BrF2N3O. The number of hydrogen-bond acceptors (Lipinski definition) is 3. The number of carbonyl (C=O) groups is 1. The summed E-state index contributed by atoms with van der Waals surface area (Å²) in [5, 5.41) is 5.26. The third kappa shape index (κ3) is 2.98. The Labute approximate surface area is 105 Å². The molecule has 2 N–H and O–H groups in total. The highest BCUT2D eigenvalue weighted by molar-refractivity contribution is 9.10. The lowest BCUT2D eigenvalue weighted by atomic mass is 10.2. The lowest BCUT2D eigenvalue weighted by Gasteiger charge is -2.11. The Hall–Kier alpha value is -1.08. The van der Waals surface area contributed by atoms with Gasteiger partial charge in [-0.05, 0) is 22.0 Å². The third-order valence-electron chi connectivity index (χ3n) is 2.44. The molecule has 2 atom stereocenters. The molecule has 4 nitrogen and oxygen atoms in total. The van der Waals surface area contributed by atoms with Crippen LogP contribution in [0.4, 0.5) is 14.6 Å². The molecule has 0 aromatic carbocycles. The van der Waals surface area contributed by atoms with Gasteiger partial charge in [-0.2, -0.15) is 0 Å². The van der Waals surface area contributed by atoms with Crippen LogP contribution in [0.2, 0.25) is 0 Å². The number of anilines is 1. The number of carbonyl (C=O) groups excluding carboxylic acids is 1. The quantitative estimate of drug-likeness (QED) is 0.873. The van der Waals surface area contributed by atoms with Crippen molar-refractivity contribution in [3.8, 4) is 0 Å². The van der Waals surface area contributed by atoms with Crippen LogP contribution in [0, 0.1) is 5.82 Å². The predicted octanol–water partition coefficient (Wildman–Crippen LogP) is 1.62. The maximum atomic E-state index is 12.9. The first-order valence-corrected chi connectivity index (χ1v) is 5.85. The molecule has 1 aliphatic heterocycles. The van der Waals surface area contributed by atoms with Crippen LogP contribution in [0.15, 0.2) is 16.7 Å². The Balaban J connectivity index is 2.03. The average Bonchev–Trinajstić information content (AvgIpc) is 2.69. The van der Waals surface area contributed by atoms with Crippen molar-refractivity contribution < 1.29 is 13.6 Å². The molecule has 17 heavy (non-hydrogen) atoms. The molecule has 2 rings (SSSR count). The van der Waals surface area contributed by atoms with E-state index >= 15 is 0 Å². The van der Waals surface area contributed by atoms with Crippen LogP contribution >= 0.6 is 15.9 Å². The highest BCUT2D eigenvalue weighted by Gasteiger charge is 2.29. The van der Waals surface area contributed by atoms with Gasteiger partial charge in [0.1, 0.15) is 17.8 Å². The van der Waals surface area contributed by atoms with Gasteiger partial charge in [0.15, 0.2) is 0 Å². The van der Waals surface area contributed by atoms with E-state index in [1.54, 1.807) is 0 Å². The summed E-state index contributed by atoms with van der Waals surface area (Å²) in [4.78, 5) is 15.4. The molecule has 0 spiro atoms. The highest BCUT2D eigenvalue weighted by Crippen LogP contribution is 2.21. The molecule has 1 fully saturated rings. The minimum absolute atomic E-state index is 0.143.